The molecule has 0 unspecified atom stereocenters. The summed E-state index contributed by atoms with van der Waals surface area (Å²) in [5, 5.41) is 0. The van der Waals surface area contributed by atoms with E-state index in [0.29, 0.717) is 0 Å². The van der Waals surface area contributed by atoms with Crippen LogP contribution in [0, 0.1) is 29.1 Å². The molecule has 0 saturated carbocycles. The average Bonchev–Trinajstić information content (AvgIpc) is 2.37. The van der Waals surface area contributed by atoms with Crippen LogP contribution in [0.2, 0.25) is 0 Å². The highest BCUT2D eigenvalue weighted by Gasteiger charge is 2.29. The summed E-state index contributed by atoms with van der Waals surface area (Å²) in [7, 11) is 0. The number of ether oxygens (including phenoxy) is 1. The van der Waals surface area contributed by atoms with Crippen molar-refractivity contribution in [2.24, 2.45) is 5.73 Å². The molecule has 0 fully saturated rings. The Labute approximate surface area is 103 Å². The molecule has 9 heteroatoms. The minimum atomic E-state index is -2.34. The molecule has 0 bridgehead atoms. The van der Waals surface area contributed by atoms with E-state index in [2.05, 4.69) is 17.4 Å². The van der Waals surface area contributed by atoms with Gasteiger partial charge in [-0.15, -0.1) is 0 Å². The largest absolute Gasteiger partial charge is 0.419 e. The zero-order valence-corrected chi connectivity index (χ0v) is 9.41. The molecule has 0 saturated heterocycles. The Balaban J connectivity index is 3.22. The molecule has 1 rings (SSSR count). The van der Waals surface area contributed by atoms with Crippen LogP contribution in [0.15, 0.2) is 0 Å². The first kappa shape index (κ1) is 14.7. The number of esters is 1. The van der Waals surface area contributed by atoms with Gasteiger partial charge in [-0.25, -0.2) is 18.0 Å². The van der Waals surface area contributed by atoms with Gasteiger partial charge in [0.25, 0.3) is 0 Å². The Morgan fingerprint density at radius 3 is 1.83 bits per heavy atom. The van der Waals surface area contributed by atoms with E-state index in [-0.39, 0.29) is 5.75 Å². The average molecular weight is 287 g/mol. The van der Waals surface area contributed by atoms with Crippen LogP contribution >= 0.6 is 12.6 Å². The first-order valence-corrected chi connectivity index (χ1v) is 5.04. The number of carbonyl (C=O) groups excluding carboxylic acids is 1. The smallest absolute Gasteiger partial charge is 0.329 e. The molecule has 0 amide bonds. The molecule has 1 aromatic carbocycles. The van der Waals surface area contributed by atoms with Crippen LogP contribution in [0.3, 0.4) is 0 Å². The maximum Gasteiger partial charge on any atom is 0.329 e. The van der Waals surface area contributed by atoms with Gasteiger partial charge in [0.15, 0.2) is 0 Å². The summed E-state index contributed by atoms with van der Waals surface area (Å²) < 4.78 is 68.3. The third-order valence-corrected chi connectivity index (χ3v) is 2.27. The van der Waals surface area contributed by atoms with Crippen molar-refractivity contribution in [2.75, 3.05) is 5.75 Å². The Morgan fingerprint density at radius 1 is 1.06 bits per heavy atom. The first-order valence-electron chi connectivity index (χ1n) is 4.40. The van der Waals surface area contributed by atoms with Gasteiger partial charge in [-0.2, -0.15) is 21.4 Å². The maximum atomic E-state index is 13.1. The van der Waals surface area contributed by atoms with Crippen molar-refractivity contribution in [1.29, 1.82) is 0 Å². The Bertz CT molecular complexity index is 467. The molecule has 100 valence electrons. The molecule has 1 atom stereocenters. The summed E-state index contributed by atoms with van der Waals surface area (Å²) in [5.74, 6) is -14.5. The van der Waals surface area contributed by atoms with Gasteiger partial charge in [-0.05, 0) is 0 Å². The number of hydrogen-bond acceptors (Lipinski definition) is 4. The third kappa shape index (κ3) is 2.56. The molecule has 0 heterocycles. The number of benzene rings is 1. The molecule has 18 heavy (non-hydrogen) atoms. The monoisotopic (exact) mass is 287 g/mol. The van der Waals surface area contributed by atoms with Crippen molar-refractivity contribution in [2.45, 2.75) is 6.04 Å². The molecule has 0 aromatic heterocycles. The second kappa shape index (κ2) is 5.53. The van der Waals surface area contributed by atoms with Gasteiger partial charge >= 0.3 is 5.97 Å². The molecule has 0 spiro atoms. The first-order chi connectivity index (χ1) is 8.31. The van der Waals surface area contributed by atoms with E-state index < -0.39 is 46.8 Å². The SMILES string of the molecule is N[C@@H](CS)C(=O)Oc1c(F)c(F)c(F)c(F)c1F. The van der Waals surface area contributed by atoms with E-state index in [1.807, 2.05) is 0 Å². The fraction of sp³-hybridized carbons (Fsp3) is 0.222. The summed E-state index contributed by atoms with van der Waals surface area (Å²) >= 11 is 3.61. The van der Waals surface area contributed by atoms with Gasteiger partial charge in [0, 0.05) is 5.75 Å². The van der Waals surface area contributed by atoms with Gasteiger partial charge in [0.2, 0.25) is 34.8 Å². The molecule has 0 aliphatic carbocycles. The van der Waals surface area contributed by atoms with Crippen molar-refractivity contribution < 1.29 is 31.5 Å². The lowest BCUT2D eigenvalue weighted by molar-refractivity contribution is -0.135. The summed E-state index contributed by atoms with van der Waals surface area (Å²) in [5.41, 5.74) is 5.11. The topological polar surface area (TPSA) is 52.3 Å². The summed E-state index contributed by atoms with van der Waals surface area (Å²) in [6.45, 7) is 0. The van der Waals surface area contributed by atoms with Crippen LogP contribution in [-0.2, 0) is 4.79 Å². The van der Waals surface area contributed by atoms with E-state index in [1.165, 1.54) is 0 Å². The molecular formula is C9H6F5NO2S. The van der Waals surface area contributed by atoms with E-state index >= 15 is 0 Å². The predicted molar refractivity (Wildman–Crippen MR) is 53.7 cm³/mol. The Hall–Kier alpha value is -1.35. The predicted octanol–water partition coefficient (Wildman–Crippen LogP) is 1.54. The van der Waals surface area contributed by atoms with Crippen LogP contribution in [-0.4, -0.2) is 17.8 Å². The van der Waals surface area contributed by atoms with Crippen LogP contribution in [0.5, 0.6) is 5.75 Å². The fourth-order valence-corrected chi connectivity index (χ4v) is 1.07. The fourth-order valence-electron chi connectivity index (χ4n) is 0.925. The van der Waals surface area contributed by atoms with Crippen molar-refractivity contribution in [1.82, 2.24) is 0 Å². The molecule has 2 N–H and O–H groups in total. The highest BCUT2D eigenvalue weighted by Crippen LogP contribution is 2.29. The van der Waals surface area contributed by atoms with Crippen LogP contribution in [0.1, 0.15) is 0 Å². The molecule has 0 aliphatic rings. The summed E-state index contributed by atoms with van der Waals surface area (Å²) in [6.07, 6.45) is 0. The van der Waals surface area contributed by atoms with Gasteiger partial charge in [0.1, 0.15) is 6.04 Å². The zero-order chi connectivity index (χ0) is 14.0. The number of thiol groups is 1. The van der Waals surface area contributed by atoms with Gasteiger partial charge in [0.05, 0.1) is 0 Å². The molecule has 3 nitrogen and oxygen atoms in total. The van der Waals surface area contributed by atoms with Crippen LogP contribution in [0.4, 0.5) is 22.0 Å². The highest BCUT2D eigenvalue weighted by atomic mass is 32.1. The second-order valence-electron chi connectivity index (χ2n) is 3.11. The zero-order valence-electron chi connectivity index (χ0n) is 8.52. The number of carbonyl (C=O) groups is 1. The number of hydrogen-bond donors (Lipinski definition) is 2. The van der Waals surface area contributed by atoms with Gasteiger partial charge < -0.3 is 10.5 Å². The lowest BCUT2D eigenvalue weighted by atomic mass is 10.2. The lowest BCUT2D eigenvalue weighted by Gasteiger charge is -2.11. The van der Waals surface area contributed by atoms with E-state index in [9.17, 15) is 26.7 Å². The van der Waals surface area contributed by atoms with Crippen molar-refractivity contribution in [3.8, 4) is 5.75 Å². The third-order valence-electron chi connectivity index (χ3n) is 1.87. The van der Waals surface area contributed by atoms with Crippen LogP contribution < -0.4 is 10.5 Å². The van der Waals surface area contributed by atoms with Gasteiger partial charge in [-0.1, -0.05) is 0 Å². The molecule has 0 radical (unpaired) electrons. The lowest BCUT2D eigenvalue weighted by Crippen LogP contribution is -2.36. The van der Waals surface area contributed by atoms with Gasteiger partial charge in [-0.3, -0.25) is 0 Å². The Morgan fingerprint density at radius 2 is 1.44 bits per heavy atom. The van der Waals surface area contributed by atoms with E-state index in [1.54, 1.807) is 0 Å². The van der Waals surface area contributed by atoms with Crippen LogP contribution in [0.25, 0.3) is 0 Å². The normalized spacial score (nSPS) is 12.4. The molecule has 1 aromatic rings. The standard InChI is InChI=1S/C9H6F5NO2S/c10-3-4(11)6(13)8(7(14)5(3)12)17-9(16)2(15)1-18/h2,18H,1,15H2/t2-/m0/s1. The highest BCUT2D eigenvalue weighted by molar-refractivity contribution is 7.80. The Kier molecular flexibility index (Phi) is 4.52. The number of halogens is 5. The van der Waals surface area contributed by atoms with Crippen molar-refractivity contribution in [3.05, 3.63) is 29.1 Å². The second-order valence-corrected chi connectivity index (χ2v) is 3.47. The van der Waals surface area contributed by atoms with E-state index in [4.69, 9.17) is 5.73 Å². The minimum absolute atomic E-state index is 0.228. The van der Waals surface area contributed by atoms with Crippen molar-refractivity contribution in [3.63, 3.8) is 0 Å². The quantitative estimate of drug-likeness (QED) is 0.221. The minimum Gasteiger partial charge on any atom is -0.419 e. The maximum absolute atomic E-state index is 13.1. The van der Waals surface area contributed by atoms with E-state index in [0.717, 1.165) is 0 Å². The molecular weight excluding hydrogens is 281 g/mol. The summed E-state index contributed by atoms with van der Waals surface area (Å²) in [4.78, 5) is 11.1. The number of rotatable bonds is 3. The van der Waals surface area contributed by atoms with Crippen molar-refractivity contribution >= 4 is 18.6 Å². The molecule has 0 aliphatic heterocycles. The summed E-state index contributed by atoms with van der Waals surface area (Å²) in [6, 6.07) is -1.36. The number of nitrogens with two attached hydrogens (primary N) is 1.